The van der Waals surface area contributed by atoms with E-state index in [1.165, 1.54) is 0 Å². The fourth-order valence-corrected chi connectivity index (χ4v) is 9.95. The van der Waals surface area contributed by atoms with Gasteiger partial charge in [-0.3, -0.25) is 4.79 Å². The molecule has 5 bridgehead atoms. The maximum atomic E-state index is 13.3. The number of carbonyl (C=O) groups is 1. The third-order valence-corrected chi connectivity index (χ3v) is 11.6. The van der Waals surface area contributed by atoms with E-state index in [0.29, 0.717) is 6.42 Å². The number of carbonyl (C=O) groups excluding carboxylic acids is 1. The van der Waals surface area contributed by atoms with Crippen LogP contribution in [0.1, 0.15) is 65.9 Å². The lowest BCUT2D eigenvalue weighted by atomic mass is 9.45. The molecule has 9 rings (SSSR count). The van der Waals surface area contributed by atoms with Crippen LogP contribution in [0, 0.1) is 17.3 Å². The van der Waals surface area contributed by atoms with E-state index in [0.717, 1.165) is 18.4 Å². The molecule has 7 nitrogen and oxygen atoms in total. The molecule has 5 saturated heterocycles. The predicted octanol–water partition coefficient (Wildman–Crippen LogP) is 3.17. The quantitative estimate of drug-likeness (QED) is 0.527. The molecule has 1 N–H and O–H groups in total. The normalized spacial score (nSPS) is 61.8. The van der Waals surface area contributed by atoms with E-state index in [-0.39, 0.29) is 24.2 Å². The molecule has 5 heterocycles. The second-order valence-electron chi connectivity index (χ2n) is 12.6. The van der Waals surface area contributed by atoms with E-state index in [2.05, 4.69) is 13.8 Å². The maximum Gasteiger partial charge on any atom is 0.314 e. The summed E-state index contributed by atoms with van der Waals surface area (Å²) in [6.45, 7) is 10.3. The summed E-state index contributed by atoms with van der Waals surface area (Å²) >= 11 is 0. The first-order valence-electron chi connectivity index (χ1n) is 12.7. The summed E-state index contributed by atoms with van der Waals surface area (Å²) in [7, 11) is 0. The highest BCUT2D eigenvalue weighted by molar-refractivity contribution is 5.75. The Morgan fingerprint density at radius 1 is 1.03 bits per heavy atom. The van der Waals surface area contributed by atoms with Crippen LogP contribution in [0.3, 0.4) is 0 Å². The fourth-order valence-electron chi connectivity index (χ4n) is 9.95. The Balaban J connectivity index is 1.51. The van der Waals surface area contributed by atoms with Crippen molar-refractivity contribution >= 4 is 5.97 Å². The molecule has 8 fully saturated rings. The SMILES string of the molecule is CC1CC[C@@]23OC4(c5ccccc5)OC12C1OC(=O)C[C@]3(C)[C@@]2(C[C@](O)(C(C)C)C3(C)OC132)O4. The summed E-state index contributed by atoms with van der Waals surface area (Å²) in [5.74, 6) is -1.76. The first-order valence-corrected chi connectivity index (χ1v) is 12.7. The van der Waals surface area contributed by atoms with Crippen LogP contribution in [0.15, 0.2) is 30.3 Å². The van der Waals surface area contributed by atoms with Crippen LogP contribution < -0.4 is 0 Å². The molecule has 6 unspecified atom stereocenters. The second-order valence-corrected chi connectivity index (χ2v) is 12.6. The van der Waals surface area contributed by atoms with Crippen molar-refractivity contribution in [3.05, 3.63) is 35.9 Å². The molecular formula is C27H32O7. The van der Waals surface area contributed by atoms with E-state index < -0.39 is 51.1 Å². The Labute approximate surface area is 199 Å². The number of fused-ring (bicyclic) bond motifs is 3. The van der Waals surface area contributed by atoms with Crippen LogP contribution in [-0.4, -0.2) is 50.8 Å². The summed E-state index contributed by atoms with van der Waals surface area (Å²) in [4.78, 5) is 13.3. The van der Waals surface area contributed by atoms with Crippen LogP contribution in [0.4, 0.5) is 0 Å². The Morgan fingerprint density at radius 3 is 2.44 bits per heavy atom. The van der Waals surface area contributed by atoms with Crippen molar-refractivity contribution in [1.29, 1.82) is 0 Å². The van der Waals surface area contributed by atoms with Crippen molar-refractivity contribution in [3.8, 4) is 0 Å². The van der Waals surface area contributed by atoms with Crippen molar-refractivity contribution in [2.75, 3.05) is 0 Å². The zero-order chi connectivity index (χ0) is 23.8. The number of ether oxygens (including phenoxy) is 5. The molecule has 3 spiro atoms. The molecule has 34 heavy (non-hydrogen) atoms. The summed E-state index contributed by atoms with van der Waals surface area (Å²) < 4.78 is 34.5. The van der Waals surface area contributed by atoms with Gasteiger partial charge in [0.05, 0.1) is 6.42 Å². The largest absolute Gasteiger partial charge is 0.456 e. The number of hydrogen-bond acceptors (Lipinski definition) is 7. The summed E-state index contributed by atoms with van der Waals surface area (Å²) in [5, 5.41) is 12.3. The minimum Gasteiger partial charge on any atom is -0.456 e. The number of esters is 1. The van der Waals surface area contributed by atoms with E-state index in [1.54, 1.807) is 0 Å². The third kappa shape index (κ3) is 1.49. The van der Waals surface area contributed by atoms with Gasteiger partial charge in [0.25, 0.3) is 0 Å². The Bertz CT molecular complexity index is 1170. The van der Waals surface area contributed by atoms with Crippen LogP contribution in [0.25, 0.3) is 0 Å². The summed E-state index contributed by atoms with van der Waals surface area (Å²) in [6.07, 6.45) is 1.38. The van der Waals surface area contributed by atoms with Gasteiger partial charge in [-0.1, -0.05) is 58.0 Å². The highest BCUT2D eigenvalue weighted by Crippen LogP contribution is 2.90. The van der Waals surface area contributed by atoms with E-state index >= 15 is 0 Å². The molecule has 3 aliphatic carbocycles. The zero-order valence-corrected chi connectivity index (χ0v) is 20.3. The average Bonchev–Trinajstić information content (AvgIpc) is 3.24. The maximum absolute atomic E-state index is 13.3. The summed E-state index contributed by atoms with van der Waals surface area (Å²) in [6, 6.07) is 9.78. The number of hydrogen-bond donors (Lipinski definition) is 1. The number of benzene rings is 1. The first-order chi connectivity index (χ1) is 15.9. The predicted molar refractivity (Wildman–Crippen MR) is 117 cm³/mol. The van der Waals surface area contributed by atoms with E-state index in [1.807, 2.05) is 51.1 Å². The molecule has 1 aromatic rings. The molecule has 0 radical (unpaired) electrons. The Kier molecular flexibility index (Phi) is 3.12. The van der Waals surface area contributed by atoms with Crippen molar-refractivity contribution in [2.45, 2.75) is 106 Å². The third-order valence-electron chi connectivity index (χ3n) is 11.6. The minimum atomic E-state index is -1.45. The lowest BCUT2D eigenvalue weighted by molar-refractivity contribution is -0.466. The number of aliphatic hydroxyl groups is 1. The van der Waals surface area contributed by atoms with E-state index in [9.17, 15) is 9.90 Å². The second kappa shape index (κ2) is 5.14. The van der Waals surface area contributed by atoms with Gasteiger partial charge in [-0.25, -0.2) is 0 Å². The van der Waals surface area contributed by atoms with Crippen LogP contribution in [0.5, 0.6) is 0 Å². The molecule has 10 atom stereocenters. The fraction of sp³-hybridized carbons (Fsp3) is 0.741. The Hall–Kier alpha value is -1.51. The standard InChI is InChI=1S/C27H32O7/c1-15(2)22(29)14-24-20(4)13-18(28)30-19(26(24)21(22,5)31-26)25-16(3)11-12-23(20,25)32-27(33-24,34-25)17-9-7-6-8-10-17/h6-10,15-16,19,29H,11-14H2,1-5H3/t16?,19?,20-,21?,22-,23-,24+,25?,26?,27?/m0/s1. The topological polar surface area (TPSA) is 86.8 Å². The highest BCUT2D eigenvalue weighted by Gasteiger charge is 3.07. The van der Waals surface area contributed by atoms with Gasteiger partial charge >= 0.3 is 11.9 Å². The van der Waals surface area contributed by atoms with Gasteiger partial charge in [0.2, 0.25) is 0 Å². The van der Waals surface area contributed by atoms with E-state index in [4.69, 9.17) is 23.7 Å². The summed E-state index contributed by atoms with van der Waals surface area (Å²) in [5.41, 5.74) is -5.89. The van der Waals surface area contributed by atoms with Gasteiger partial charge in [0.1, 0.15) is 28.0 Å². The molecular weight excluding hydrogens is 436 g/mol. The molecule has 5 aliphatic heterocycles. The molecule has 7 heteroatoms. The monoisotopic (exact) mass is 468 g/mol. The zero-order valence-electron chi connectivity index (χ0n) is 20.3. The number of rotatable bonds is 2. The highest BCUT2D eigenvalue weighted by atomic mass is 16.9. The Morgan fingerprint density at radius 2 is 1.74 bits per heavy atom. The molecule has 8 aliphatic rings. The molecule has 1 aromatic carbocycles. The van der Waals surface area contributed by atoms with Gasteiger partial charge in [0, 0.05) is 17.4 Å². The van der Waals surface area contributed by atoms with Crippen molar-refractivity contribution in [3.63, 3.8) is 0 Å². The van der Waals surface area contributed by atoms with Crippen LogP contribution in [-0.2, 0) is 34.5 Å². The minimum absolute atomic E-state index is 0.0450. The smallest absolute Gasteiger partial charge is 0.314 e. The molecule has 0 amide bonds. The first kappa shape index (κ1) is 20.7. The van der Waals surface area contributed by atoms with Crippen LogP contribution in [0.2, 0.25) is 0 Å². The van der Waals surface area contributed by atoms with Crippen molar-refractivity contribution in [1.82, 2.24) is 0 Å². The molecule has 182 valence electrons. The van der Waals surface area contributed by atoms with Crippen LogP contribution >= 0.6 is 0 Å². The lowest BCUT2D eigenvalue weighted by Gasteiger charge is -2.65. The average molecular weight is 469 g/mol. The van der Waals surface area contributed by atoms with Crippen molar-refractivity contribution in [2.24, 2.45) is 17.3 Å². The van der Waals surface area contributed by atoms with Gasteiger partial charge in [-0.2, -0.15) is 0 Å². The van der Waals surface area contributed by atoms with Crippen molar-refractivity contribution < 1.29 is 33.6 Å². The molecule has 0 aromatic heterocycles. The number of epoxide rings is 1. The van der Waals surface area contributed by atoms with Gasteiger partial charge in [-0.15, -0.1) is 0 Å². The van der Waals surface area contributed by atoms with Gasteiger partial charge in [-0.05, 0) is 31.6 Å². The molecule has 3 saturated carbocycles. The lowest BCUT2D eigenvalue weighted by Crippen LogP contribution is -2.83. The van der Waals surface area contributed by atoms with Gasteiger partial charge in [0.15, 0.2) is 11.7 Å². The van der Waals surface area contributed by atoms with Gasteiger partial charge < -0.3 is 28.8 Å².